The maximum atomic E-state index is 12.4. The van der Waals surface area contributed by atoms with Gasteiger partial charge < -0.3 is 9.80 Å². The predicted molar refractivity (Wildman–Crippen MR) is 76.0 cm³/mol. The number of nitrogens with zero attached hydrogens (tertiary/aromatic N) is 4. The second-order valence-corrected chi connectivity index (χ2v) is 6.01. The van der Waals surface area contributed by atoms with Crippen LogP contribution < -0.4 is 0 Å². The fourth-order valence-electron chi connectivity index (χ4n) is 3.11. The highest BCUT2D eigenvalue weighted by atomic mass is 16.2. The fourth-order valence-corrected chi connectivity index (χ4v) is 3.11. The molecule has 0 bridgehead atoms. The van der Waals surface area contributed by atoms with E-state index in [-0.39, 0.29) is 0 Å². The van der Waals surface area contributed by atoms with Crippen molar-refractivity contribution < 1.29 is 4.79 Å². The summed E-state index contributed by atoms with van der Waals surface area (Å²) in [6.45, 7) is 3.71. The van der Waals surface area contributed by atoms with E-state index in [9.17, 15) is 4.79 Å². The minimum Gasteiger partial charge on any atom is -0.336 e. The van der Waals surface area contributed by atoms with E-state index in [1.54, 1.807) is 6.33 Å². The molecule has 0 radical (unpaired) electrons. The third-order valence-corrected chi connectivity index (χ3v) is 4.53. The number of likely N-dealkylation sites (tertiary alicyclic amines) is 1. The molecule has 0 aromatic carbocycles. The third-order valence-electron chi connectivity index (χ3n) is 4.53. The molecule has 5 heteroatoms. The first-order valence-corrected chi connectivity index (χ1v) is 7.46. The van der Waals surface area contributed by atoms with E-state index in [2.05, 4.69) is 21.9 Å². The smallest absolute Gasteiger partial charge is 0.223 e. The van der Waals surface area contributed by atoms with Gasteiger partial charge in [0.05, 0.1) is 12.2 Å². The molecule has 2 aliphatic heterocycles. The lowest BCUT2D eigenvalue weighted by atomic mass is 9.93. The van der Waals surface area contributed by atoms with Crippen molar-refractivity contribution in [2.45, 2.75) is 32.2 Å². The summed E-state index contributed by atoms with van der Waals surface area (Å²) < 4.78 is 0. The summed E-state index contributed by atoms with van der Waals surface area (Å²) in [4.78, 5) is 25.1. The molecule has 1 amide bonds. The van der Waals surface area contributed by atoms with Crippen molar-refractivity contribution in [1.29, 1.82) is 0 Å². The van der Waals surface area contributed by atoms with Crippen molar-refractivity contribution in [2.24, 2.45) is 5.92 Å². The Morgan fingerprint density at radius 3 is 2.95 bits per heavy atom. The van der Waals surface area contributed by atoms with Gasteiger partial charge in [-0.25, -0.2) is 9.97 Å². The van der Waals surface area contributed by atoms with Gasteiger partial charge in [-0.3, -0.25) is 4.79 Å². The average Bonchev–Trinajstić information content (AvgIpc) is 2.49. The molecule has 0 spiro atoms. The molecular weight excluding hydrogens is 252 g/mol. The highest BCUT2D eigenvalue weighted by Gasteiger charge is 2.25. The Labute approximate surface area is 120 Å². The van der Waals surface area contributed by atoms with Crippen molar-refractivity contribution in [1.82, 2.24) is 19.8 Å². The monoisotopic (exact) mass is 274 g/mol. The summed E-state index contributed by atoms with van der Waals surface area (Å²) in [5.41, 5.74) is 2.21. The molecule has 20 heavy (non-hydrogen) atoms. The number of amides is 1. The molecule has 1 aromatic rings. The third kappa shape index (κ3) is 2.98. The lowest BCUT2D eigenvalue weighted by molar-refractivity contribution is -0.133. The summed E-state index contributed by atoms with van der Waals surface area (Å²) >= 11 is 0. The molecule has 0 unspecified atom stereocenters. The Hall–Kier alpha value is -1.49. The lowest BCUT2D eigenvalue weighted by Crippen LogP contribution is -2.39. The van der Waals surface area contributed by atoms with Gasteiger partial charge in [-0.05, 0) is 50.9 Å². The normalized spacial score (nSPS) is 20.8. The number of carbonyl (C=O) groups excluding carboxylic acids is 1. The molecule has 1 fully saturated rings. The minimum atomic E-state index is 0.295. The van der Waals surface area contributed by atoms with Gasteiger partial charge in [-0.2, -0.15) is 0 Å². The van der Waals surface area contributed by atoms with Crippen LogP contribution in [0.4, 0.5) is 0 Å². The standard InChI is InChI=1S/C15H22N4O/c1-18-5-2-12(3-6-18)8-15(20)19-7-4-13-9-16-11-17-14(13)10-19/h9,11-12H,2-8,10H2,1H3. The number of aromatic nitrogens is 2. The van der Waals surface area contributed by atoms with E-state index in [1.807, 2.05) is 11.1 Å². The van der Waals surface area contributed by atoms with Gasteiger partial charge in [-0.15, -0.1) is 0 Å². The van der Waals surface area contributed by atoms with Crippen LogP contribution in [0.5, 0.6) is 0 Å². The van der Waals surface area contributed by atoms with E-state index in [1.165, 1.54) is 5.56 Å². The number of hydrogen-bond acceptors (Lipinski definition) is 4. The summed E-state index contributed by atoms with van der Waals surface area (Å²) in [5.74, 6) is 0.856. The van der Waals surface area contributed by atoms with Crippen molar-refractivity contribution in [2.75, 3.05) is 26.7 Å². The van der Waals surface area contributed by atoms with E-state index < -0.39 is 0 Å². The van der Waals surface area contributed by atoms with Crippen LogP contribution in [0.25, 0.3) is 0 Å². The summed E-state index contributed by atoms with van der Waals surface area (Å²) in [5, 5.41) is 0. The van der Waals surface area contributed by atoms with Crippen LogP contribution >= 0.6 is 0 Å². The van der Waals surface area contributed by atoms with Crippen LogP contribution in [0.3, 0.4) is 0 Å². The largest absolute Gasteiger partial charge is 0.336 e. The van der Waals surface area contributed by atoms with Gasteiger partial charge in [0.2, 0.25) is 5.91 Å². The maximum absolute atomic E-state index is 12.4. The summed E-state index contributed by atoms with van der Waals surface area (Å²) in [6, 6.07) is 0. The lowest BCUT2D eigenvalue weighted by Gasteiger charge is -2.32. The Morgan fingerprint density at radius 1 is 1.35 bits per heavy atom. The zero-order valence-electron chi connectivity index (χ0n) is 12.1. The fraction of sp³-hybridized carbons (Fsp3) is 0.667. The molecule has 108 valence electrons. The van der Waals surface area contributed by atoms with Gasteiger partial charge in [0.1, 0.15) is 6.33 Å². The van der Waals surface area contributed by atoms with E-state index in [0.717, 1.165) is 44.6 Å². The topological polar surface area (TPSA) is 49.3 Å². The molecule has 0 atom stereocenters. The number of fused-ring (bicyclic) bond motifs is 1. The van der Waals surface area contributed by atoms with E-state index in [0.29, 0.717) is 24.8 Å². The quantitative estimate of drug-likeness (QED) is 0.810. The molecule has 1 saturated heterocycles. The van der Waals surface area contributed by atoms with E-state index >= 15 is 0 Å². The molecule has 3 heterocycles. The first-order valence-electron chi connectivity index (χ1n) is 7.46. The van der Waals surface area contributed by atoms with Crippen molar-refractivity contribution >= 4 is 5.91 Å². The molecule has 0 aliphatic carbocycles. The minimum absolute atomic E-state index is 0.295. The molecule has 0 N–H and O–H groups in total. The van der Waals surface area contributed by atoms with Crippen LogP contribution in [0.15, 0.2) is 12.5 Å². The predicted octanol–water partition coefficient (Wildman–Crippen LogP) is 1.09. The summed E-state index contributed by atoms with van der Waals surface area (Å²) in [7, 11) is 2.15. The van der Waals surface area contributed by atoms with Crippen molar-refractivity contribution in [3.05, 3.63) is 23.8 Å². The van der Waals surface area contributed by atoms with Crippen LogP contribution in [0.1, 0.15) is 30.5 Å². The number of rotatable bonds is 2. The number of piperidine rings is 1. The molecule has 5 nitrogen and oxygen atoms in total. The molecule has 2 aliphatic rings. The van der Waals surface area contributed by atoms with Crippen LogP contribution in [-0.2, 0) is 17.8 Å². The van der Waals surface area contributed by atoms with E-state index in [4.69, 9.17) is 0 Å². The zero-order chi connectivity index (χ0) is 13.9. The Bertz CT molecular complexity index is 483. The molecule has 0 saturated carbocycles. The average molecular weight is 274 g/mol. The Balaban J connectivity index is 1.56. The first kappa shape index (κ1) is 13.5. The summed E-state index contributed by atoms with van der Waals surface area (Å²) in [6.07, 6.45) is 7.33. The Morgan fingerprint density at radius 2 is 2.15 bits per heavy atom. The first-order chi connectivity index (χ1) is 9.72. The Kier molecular flexibility index (Phi) is 3.96. The number of hydrogen-bond donors (Lipinski definition) is 0. The van der Waals surface area contributed by atoms with Gasteiger partial charge in [0, 0.05) is 19.2 Å². The molecule has 3 rings (SSSR count). The van der Waals surface area contributed by atoms with Crippen LogP contribution in [0.2, 0.25) is 0 Å². The highest BCUT2D eigenvalue weighted by molar-refractivity contribution is 5.76. The highest BCUT2D eigenvalue weighted by Crippen LogP contribution is 2.22. The molecule has 1 aromatic heterocycles. The van der Waals surface area contributed by atoms with Gasteiger partial charge >= 0.3 is 0 Å². The zero-order valence-corrected chi connectivity index (χ0v) is 12.1. The van der Waals surface area contributed by atoms with Crippen molar-refractivity contribution in [3.63, 3.8) is 0 Å². The van der Waals surface area contributed by atoms with Gasteiger partial charge in [0.25, 0.3) is 0 Å². The van der Waals surface area contributed by atoms with Crippen molar-refractivity contribution in [3.8, 4) is 0 Å². The second kappa shape index (κ2) is 5.87. The SMILES string of the molecule is CN1CCC(CC(=O)N2CCc3cncnc3C2)CC1. The van der Waals surface area contributed by atoms with Gasteiger partial charge in [0.15, 0.2) is 0 Å². The second-order valence-electron chi connectivity index (χ2n) is 6.01. The van der Waals surface area contributed by atoms with Crippen LogP contribution in [-0.4, -0.2) is 52.4 Å². The molecular formula is C15H22N4O. The number of carbonyl (C=O) groups is 1. The maximum Gasteiger partial charge on any atom is 0.223 e. The van der Waals surface area contributed by atoms with Gasteiger partial charge in [-0.1, -0.05) is 0 Å². The van der Waals surface area contributed by atoms with Crippen LogP contribution in [0, 0.1) is 5.92 Å².